The molecule has 1 atom stereocenters. The number of carboxylic acids is 1. The number of hydrogen-bond donors (Lipinski definition) is 1. The number of carbonyl (C=O) groups is 1. The van der Waals surface area contributed by atoms with Crippen LogP contribution in [-0.2, 0) is 17.6 Å². The van der Waals surface area contributed by atoms with Gasteiger partial charge in [-0.1, -0.05) is 61.0 Å². The molecule has 0 fully saturated rings. The summed E-state index contributed by atoms with van der Waals surface area (Å²) in [6.45, 7) is 1.99. The standard InChI is InChI=1S/C25H20ClN5O3/c1-2-18-21(16-8-10-17(26)11-9-16)23-28-27-22-19(31(23)29-18)12-13-30(24(22)32)20(25(33)34)14-15-6-4-3-5-7-15/h3-13,20H,2,14H2,1H3,(H,33,34)/t20-/m0/s1. The maximum absolute atomic E-state index is 13.3. The predicted octanol–water partition coefficient (Wildman–Crippen LogP) is 4.19. The molecule has 0 amide bonds. The van der Waals surface area contributed by atoms with Gasteiger partial charge >= 0.3 is 5.97 Å². The molecule has 0 spiro atoms. The number of rotatable bonds is 6. The number of benzene rings is 2. The van der Waals surface area contributed by atoms with Crippen LogP contribution in [0.1, 0.15) is 24.2 Å². The normalized spacial score (nSPS) is 12.3. The second-order valence-corrected chi connectivity index (χ2v) is 8.36. The van der Waals surface area contributed by atoms with Crippen molar-refractivity contribution in [3.05, 3.63) is 93.5 Å². The fourth-order valence-electron chi connectivity index (χ4n) is 4.15. The maximum Gasteiger partial charge on any atom is 0.327 e. The van der Waals surface area contributed by atoms with Gasteiger partial charge in [0.05, 0.1) is 11.3 Å². The van der Waals surface area contributed by atoms with Crippen LogP contribution in [0.25, 0.3) is 27.8 Å². The van der Waals surface area contributed by atoms with E-state index in [4.69, 9.17) is 16.7 Å². The van der Waals surface area contributed by atoms with E-state index >= 15 is 0 Å². The van der Waals surface area contributed by atoms with Crippen LogP contribution in [0, 0.1) is 0 Å². The summed E-state index contributed by atoms with van der Waals surface area (Å²) in [4.78, 5) is 25.4. The molecule has 5 aromatic rings. The number of aliphatic carboxylic acids is 1. The quantitative estimate of drug-likeness (QED) is 0.396. The first-order valence-corrected chi connectivity index (χ1v) is 11.2. The zero-order valence-corrected chi connectivity index (χ0v) is 19.0. The average Bonchev–Trinajstić information content (AvgIpc) is 3.23. The number of halogens is 1. The second-order valence-electron chi connectivity index (χ2n) is 7.92. The van der Waals surface area contributed by atoms with Crippen molar-refractivity contribution >= 4 is 34.3 Å². The summed E-state index contributed by atoms with van der Waals surface area (Å²) >= 11 is 6.05. The van der Waals surface area contributed by atoms with E-state index in [2.05, 4.69) is 10.2 Å². The number of pyridine rings is 1. The Balaban J connectivity index is 1.67. The van der Waals surface area contributed by atoms with Gasteiger partial charge in [-0.2, -0.15) is 5.10 Å². The Labute approximate surface area is 199 Å². The Hall–Kier alpha value is -4.04. The first kappa shape index (κ1) is 21.8. The molecule has 9 heteroatoms. The van der Waals surface area contributed by atoms with Crippen molar-refractivity contribution in [1.82, 2.24) is 24.4 Å². The van der Waals surface area contributed by atoms with E-state index in [0.29, 0.717) is 22.6 Å². The molecular weight excluding hydrogens is 454 g/mol. The fraction of sp³-hybridized carbons (Fsp3) is 0.160. The van der Waals surface area contributed by atoms with Crippen LogP contribution in [0.15, 0.2) is 71.7 Å². The molecular formula is C25H20ClN5O3. The van der Waals surface area contributed by atoms with Crippen molar-refractivity contribution in [2.24, 2.45) is 0 Å². The molecule has 8 nitrogen and oxygen atoms in total. The second kappa shape index (κ2) is 8.72. The van der Waals surface area contributed by atoms with E-state index in [9.17, 15) is 14.7 Å². The SMILES string of the molecule is CCc1nn2c(nnc3c(=O)n([C@@H](Cc4ccccc4)C(=O)O)ccc32)c1-c1ccc(Cl)cc1. The van der Waals surface area contributed by atoms with Crippen molar-refractivity contribution < 1.29 is 9.90 Å². The largest absolute Gasteiger partial charge is 0.480 e. The van der Waals surface area contributed by atoms with E-state index in [0.717, 1.165) is 22.4 Å². The first-order valence-electron chi connectivity index (χ1n) is 10.8. The number of aryl methyl sites for hydroxylation is 1. The number of fused-ring (bicyclic) bond motifs is 3. The third-order valence-corrected chi connectivity index (χ3v) is 6.09. The molecule has 3 heterocycles. The van der Waals surface area contributed by atoms with E-state index < -0.39 is 17.6 Å². The van der Waals surface area contributed by atoms with E-state index in [1.54, 1.807) is 22.7 Å². The lowest BCUT2D eigenvalue weighted by molar-refractivity contribution is -0.141. The zero-order chi connectivity index (χ0) is 23.8. The van der Waals surface area contributed by atoms with Gasteiger partial charge < -0.3 is 5.11 Å². The molecule has 0 saturated carbocycles. The van der Waals surface area contributed by atoms with Gasteiger partial charge in [0.15, 0.2) is 11.2 Å². The zero-order valence-electron chi connectivity index (χ0n) is 18.2. The lowest BCUT2D eigenvalue weighted by atomic mass is 10.0. The minimum absolute atomic E-state index is 0.0575. The summed E-state index contributed by atoms with van der Waals surface area (Å²) in [5, 5.41) is 23.7. The summed E-state index contributed by atoms with van der Waals surface area (Å²) in [5.41, 5.74) is 3.85. The molecule has 0 bridgehead atoms. The predicted molar refractivity (Wildman–Crippen MR) is 129 cm³/mol. The lowest BCUT2D eigenvalue weighted by Crippen LogP contribution is -2.31. The highest BCUT2D eigenvalue weighted by Gasteiger charge is 2.24. The summed E-state index contributed by atoms with van der Waals surface area (Å²) in [6.07, 6.45) is 2.31. The topological polar surface area (TPSA) is 102 Å². The highest BCUT2D eigenvalue weighted by Crippen LogP contribution is 2.30. The molecule has 0 aliphatic carbocycles. The van der Waals surface area contributed by atoms with Crippen molar-refractivity contribution in [1.29, 1.82) is 0 Å². The van der Waals surface area contributed by atoms with Gasteiger partial charge in [-0.15, -0.1) is 10.2 Å². The Morgan fingerprint density at radius 2 is 1.79 bits per heavy atom. The third-order valence-electron chi connectivity index (χ3n) is 5.84. The minimum atomic E-state index is -1.10. The lowest BCUT2D eigenvalue weighted by Gasteiger charge is -2.16. The molecule has 0 radical (unpaired) electrons. The molecule has 5 rings (SSSR count). The average molecular weight is 474 g/mol. The van der Waals surface area contributed by atoms with E-state index in [-0.39, 0.29) is 11.9 Å². The summed E-state index contributed by atoms with van der Waals surface area (Å²) < 4.78 is 2.80. The molecule has 34 heavy (non-hydrogen) atoms. The third kappa shape index (κ3) is 3.72. The molecule has 3 aromatic heterocycles. The van der Waals surface area contributed by atoms with Crippen molar-refractivity contribution in [2.75, 3.05) is 0 Å². The summed E-state index contributed by atoms with van der Waals surface area (Å²) in [5.74, 6) is -1.10. The minimum Gasteiger partial charge on any atom is -0.480 e. The van der Waals surface area contributed by atoms with Crippen molar-refractivity contribution in [3.63, 3.8) is 0 Å². The number of nitrogens with zero attached hydrogens (tertiary/aromatic N) is 5. The molecule has 170 valence electrons. The summed E-state index contributed by atoms with van der Waals surface area (Å²) in [7, 11) is 0. The van der Waals surface area contributed by atoms with Gasteiger partial charge in [0.1, 0.15) is 11.6 Å². The van der Waals surface area contributed by atoms with E-state index in [1.807, 2.05) is 49.4 Å². The van der Waals surface area contributed by atoms with Gasteiger partial charge in [0, 0.05) is 17.6 Å². The molecule has 1 N–H and O–H groups in total. The van der Waals surface area contributed by atoms with Crippen LogP contribution < -0.4 is 5.56 Å². The smallest absolute Gasteiger partial charge is 0.327 e. The fourth-order valence-corrected chi connectivity index (χ4v) is 4.28. The first-order chi connectivity index (χ1) is 16.5. The van der Waals surface area contributed by atoms with Crippen LogP contribution >= 0.6 is 11.6 Å². The van der Waals surface area contributed by atoms with Gasteiger partial charge in [-0.3, -0.25) is 9.36 Å². The Morgan fingerprint density at radius 3 is 2.47 bits per heavy atom. The van der Waals surface area contributed by atoms with Crippen LogP contribution in [0.2, 0.25) is 5.02 Å². The van der Waals surface area contributed by atoms with Crippen LogP contribution in [-0.4, -0.2) is 35.5 Å². The Bertz CT molecular complexity index is 1580. The van der Waals surface area contributed by atoms with Gasteiger partial charge in [0.25, 0.3) is 5.56 Å². The van der Waals surface area contributed by atoms with Gasteiger partial charge in [-0.05, 0) is 35.7 Å². The summed E-state index contributed by atoms with van der Waals surface area (Å²) in [6, 6.07) is 17.2. The van der Waals surface area contributed by atoms with Crippen molar-refractivity contribution in [3.8, 4) is 11.1 Å². The maximum atomic E-state index is 13.3. The molecule has 0 aliphatic rings. The highest BCUT2D eigenvalue weighted by atomic mass is 35.5. The van der Waals surface area contributed by atoms with Crippen LogP contribution in [0.3, 0.4) is 0 Å². The molecule has 0 unspecified atom stereocenters. The van der Waals surface area contributed by atoms with Crippen LogP contribution in [0.4, 0.5) is 0 Å². The number of hydrogen-bond acceptors (Lipinski definition) is 5. The van der Waals surface area contributed by atoms with Gasteiger partial charge in [-0.25, -0.2) is 9.31 Å². The molecule has 0 aliphatic heterocycles. The molecule has 0 saturated heterocycles. The van der Waals surface area contributed by atoms with E-state index in [1.165, 1.54) is 10.8 Å². The Morgan fingerprint density at radius 1 is 1.06 bits per heavy atom. The Kier molecular flexibility index (Phi) is 5.59. The molecule has 2 aromatic carbocycles. The number of carboxylic acid groups (broad SMARTS) is 1. The highest BCUT2D eigenvalue weighted by molar-refractivity contribution is 6.30. The van der Waals surface area contributed by atoms with Crippen LogP contribution in [0.5, 0.6) is 0 Å². The number of aromatic nitrogens is 5. The van der Waals surface area contributed by atoms with Gasteiger partial charge in [0.2, 0.25) is 0 Å². The monoisotopic (exact) mass is 473 g/mol. The van der Waals surface area contributed by atoms with Crippen molar-refractivity contribution in [2.45, 2.75) is 25.8 Å².